The molecule has 0 radical (unpaired) electrons. The van der Waals surface area contributed by atoms with Gasteiger partial charge in [-0.2, -0.15) is 0 Å². The van der Waals surface area contributed by atoms with Crippen LogP contribution in [0.5, 0.6) is 0 Å². The van der Waals surface area contributed by atoms with Crippen LogP contribution in [0.1, 0.15) is 34.0 Å². The molecule has 2 atom stereocenters. The fourth-order valence-electron chi connectivity index (χ4n) is 4.62. The molecule has 3 heterocycles. The molecule has 3 aromatic carbocycles. The van der Waals surface area contributed by atoms with Crippen molar-refractivity contribution in [1.29, 1.82) is 0 Å². The smallest absolute Gasteiger partial charge is 0.266 e. The van der Waals surface area contributed by atoms with Crippen molar-refractivity contribution in [3.8, 4) is 0 Å². The molecular formula is C24H17BrN2O2. The zero-order chi connectivity index (χ0) is 19.6. The lowest BCUT2D eigenvalue weighted by Crippen LogP contribution is -2.48. The average molecular weight is 445 g/mol. The second kappa shape index (κ2) is 6.05. The number of para-hydroxylation sites is 1. The molecule has 0 saturated heterocycles. The number of halogens is 1. The first kappa shape index (κ1) is 17.0. The van der Waals surface area contributed by atoms with Crippen LogP contribution in [-0.4, -0.2) is 5.91 Å². The summed E-state index contributed by atoms with van der Waals surface area (Å²) in [4.78, 5) is 15.6. The average Bonchev–Trinajstić information content (AvgIpc) is 3.05. The summed E-state index contributed by atoms with van der Waals surface area (Å²) in [5.74, 6) is -0.140. The number of nitrogens with one attached hydrogen (secondary N) is 1. The van der Waals surface area contributed by atoms with E-state index in [9.17, 15) is 4.79 Å². The number of ether oxygens (including phenoxy) is 1. The van der Waals surface area contributed by atoms with Crippen LogP contribution in [0.3, 0.4) is 0 Å². The molecule has 3 aromatic rings. The molecule has 3 aliphatic heterocycles. The molecule has 0 bridgehead atoms. The number of carbonyl (C=O) groups is 1. The summed E-state index contributed by atoms with van der Waals surface area (Å²) >= 11 is 3.54. The van der Waals surface area contributed by atoms with E-state index in [2.05, 4.69) is 56.5 Å². The highest BCUT2D eigenvalue weighted by Gasteiger charge is 2.56. The minimum Gasteiger partial charge on any atom is -0.328 e. The molecule has 0 fully saturated rings. The Morgan fingerprint density at radius 1 is 1.03 bits per heavy atom. The molecule has 0 saturated carbocycles. The SMILES string of the molecule is O=C1Nc2ccc(CBr)cc2C12OC1c3ccccc3C=CN1c1ccccc12. The Labute approximate surface area is 176 Å². The van der Waals surface area contributed by atoms with Gasteiger partial charge in [0.05, 0.1) is 5.69 Å². The van der Waals surface area contributed by atoms with Crippen LogP contribution in [-0.2, 0) is 20.5 Å². The molecule has 4 nitrogen and oxygen atoms in total. The number of rotatable bonds is 1. The first-order valence-corrected chi connectivity index (χ1v) is 10.7. The van der Waals surface area contributed by atoms with E-state index in [-0.39, 0.29) is 12.1 Å². The van der Waals surface area contributed by atoms with E-state index < -0.39 is 5.60 Å². The zero-order valence-corrected chi connectivity index (χ0v) is 17.0. The highest BCUT2D eigenvalue weighted by atomic mass is 79.9. The Hall–Kier alpha value is -2.89. The Morgan fingerprint density at radius 3 is 2.76 bits per heavy atom. The highest BCUT2D eigenvalue weighted by Crippen LogP contribution is 2.55. The summed E-state index contributed by atoms with van der Waals surface area (Å²) in [5, 5.41) is 3.77. The van der Waals surface area contributed by atoms with Crippen LogP contribution in [0.2, 0.25) is 0 Å². The molecule has 3 aliphatic rings. The van der Waals surface area contributed by atoms with E-state index in [4.69, 9.17) is 4.74 Å². The molecule has 1 spiro atoms. The van der Waals surface area contributed by atoms with Crippen molar-refractivity contribution in [3.05, 3.63) is 101 Å². The summed E-state index contributed by atoms with van der Waals surface area (Å²) in [6.45, 7) is 0. The predicted molar refractivity (Wildman–Crippen MR) is 117 cm³/mol. The molecule has 5 heteroatoms. The fourth-order valence-corrected chi connectivity index (χ4v) is 4.97. The van der Waals surface area contributed by atoms with Crippen molar-refractivity contribution in [3.63, 3.8) is 0 Å². The van der Waals surface area contributed by atoms with Crippen LogP contribution in [0, 0.1) is 0 Å². The molecule has 29 heavy (non-hydrogen) atoms. The van der Waals surface area contributed by atoms with Crippen LogP contribution in [0.25, 0.3) is 6.08 Å². The minimum atomic E-state index is -1.18. The number of benzene rings is 3. The van der Waals surface area contributed by atoms with Gasteiger partial charge in [0.15, 0.2) is 6.23 Å². The van der Waals surface area contributed by atoms with Gasteiger partial charge in [0.2, 0.25) is 5.60 Å². The predicted octanol–water partition coefficient (Wildman–Crippen LogP) is 5.30. The van der Waals surface area contributed by atoms with Gasteiger partial charge in [0, 0.05) is 33.9 Å². The van der Waals surface area contributed by atoms with Gasteiger partial charge in [-0.1, -0.05) is 64.5 Å². The lowest BCUT2D eigenvalue weighted by Gasteiger charge is -2.46. The van der Waals surface area contributed by atoms with Crippen molar-refractivity contribution in [1.82, 2.24) is 0 Å². The molecule has 6 rings (SSSR count). The number of carbonyl (C=O) groups excluding carboxylic acids is 1. The van der Waals surface area contributed by atoms with E-state index in [0.717, 1.165) is 39.2 Å². The molecule has 0 aromatic heterocycles. The second-order valence-corrected chi connectivity index (χ2v) is 8.05. The van der Waals surface area contributed by atoms with Gasteiger partial charge in [-0.3, -0.25) is 4.79 Å². The van der Waals surface area contributed by atoms with Gasteiger partial charge >= 0.3 is 0 Å². The minimum absolute atomic E-state index is 0.140. The lowest BCUT2D eigenvalue weighted by atomic mass is 9.83. The standard InChI is InChI=1S/C24H17BrN2O2/c25-14-15-9-10-20-19(13-15)24(23(28)26-20)18-7-3-4-8-21(18)27-12-11-16-5-1-2-6-17(16)22(27)29-24/h1-13,22H,14H2,(H,26,28). The van der Waals surface area contributed by atoms with Gasteiger partial charge in [0.25, 0.3) is 5.91 Å². The van der Waals surface area contributed by atoms with E-state index in [1.165, 1.54) is 0 Å². The number of anilines is 2. The van der Waals surface area contributed by atoms with E-state index >= 15 is 0 Å². The number of fused-ring (bicyclic) bond motifs is 8. The van der Waals surface area contributed by atoms with Gasteiger partial charge in [-0.05, 0) is 35.4 Å². The number of nitrogens with zero attached hydrogens (tertiary/aromatic N) is 1. The summed E-state index contributed by atoms with van der Waals surface area (Å²) in [7, 11) is 0. The Bertz CT molecular complexity index is 1200. The van der Waals surface area contributed by atoms with Gasteiger partial charge in [0.1, 0.15) is 0 Å². The van der Waals surface area contributed by atoms with Gasteiger partial charge in [-0.25, -0.2) is 0 Å². The van der Waals surface area contributed by atoms with Crippen molar-refractivity contribution >= 4 is 39.3 Å². The second-order valence-electron chi connectivity index (χ2n) is 7.49. The Kier molecular flexibility index (Phi) is 3.55. The molecule has 1 N–H and O–H groups in total. The first-order valence-electron chi connectivity index (χ1n) is 9.56. The summed E-state index contributed by atoms with van der Waals surface area (Å²) in [6, 6.07) is 22.3. The third kappa shape index (κ3) is 2.20. The van der Waals surface area contributed by atoms with Crippen molar-refractivity contribution in [2.24, 2.45) is 0 Å². The molecule has 0 aliphatic carbocycles. The monoisotopic (exact) mass is 444 g/mol. The van der Waals surface area contributed by atoms with E-state index in [0.29, 0.717) is 5.33 Å². The Balaban J connectivity index is 1.65. The van der Waals surface area contributed by atoms with Crippen molar-refractivity contribution in [2.75, 3.05) is 10.2 Å². The Morgan fingerprint density at radius 2 is 1.86 bits per heavy atom. The summed E-state index contributed by atoms with van der Waals surface area (Å²) < 4.78 is 6.78. The molecular weight excluding hydrogens is 428 g/mol. The first-order chi connectivity index (χ1) is 14.2. The fraction of sp³-hybridized carbons (Fsp3) is 0.125. The third-order valence-corrected chi connectivity index (χ3v) is 6.61. The number of amides is 1. The highest BCUT2D eigenvalue weighted by molar-refractivity contribution is 9.08. The zero-order valence-electron chi connectivity index (χ0n) is 15.4. The van der Waals surface area contributed by atoms with Crippen molar-refractivity contribution < 1.29 is 9.53 Å². The molecule has 142 valence electrons. The van der Waals surface area contributed by atoms with Crippen molar-refractivity contribution in [2.45, 2.75) is 17.2 Å². The van der Waals surface area contributed by atoms with Gasteiger partial charge < -0.3 is 15.0 Å². The number of hydrogen-bond acceptors (Lipinski definition) is 3. The lowest BCUT2D eigenvalue weighted by molar-refractivity contribution is -0.145. The third-order valence-electron chi connectivity index (χ3n) is 5.96. The summed E-state index contributed by atoms with van der Waals surface area (Å²) in [6.07, 6.45) is 3.76. The molecule has 1 amide bonds. The maximum atomic E-state index is 13.5. The summed E-state index contributed by atoms with van der Waals surface area (Å²) in [5.41, 5.74) is 5.62. The number of hydrogen-bond donors (Lipinski definition) is 1. The quantitative estimate of drug-likeness (QED) is 0.517. The number of alkyl halides is 1. The van der Waals surface area contributed by atoms with E-state index in [1.54, 1.807) is 0 Å². The van der Waals surface area contributed by atoms with Gasteiger partial charge in [-0.15, -0.1) is 0 Å². The normalized spacial score (nSPS) is 23.3. The molecule has 2 unspecified atom stereocenters. The van der Waals surface area contributed by atoms with Crippen LogP contribution in [0.15, 0.2) is 72.9 Å². The van der Waals surface area contributed by atoms with Crippen LogP contribution >= 0.6 is 15.9 Å². The van der Waals surface area contributed by atoms with E-state index in [1.807, 2.05) is 48.7 Å². The van der Waals surface area contributed by atoms with Crippen LogP contribution in [0.4, 0.5) is 11.4 Å². The maximum Gasteiger partial charge on any atom is 0.266 e. The largest absolute Gasteiger partial charge is 0.328 e. The van der Waals surface area contributed by atoms with Crippen LogP contribution < -0.4 is 10.2 Å². The topological polar surface area (TPSA) is 41.6 Å². The maximum absolute atomic E-state index is 13.5.